The van der Waals surface area contributed by atoms with E-state index in [-0.39, 0.29) is 0 Å². The molecule has 0 radical (unpaired) electrons. The van der Waals surface area contributed by atoms with Crippen LogP contribution >= 0.6 is 0 Å². The minimum atomic E-state index is 0.831. The van der Waals surface area contributed by atoms with Crippen LogP contribution in [0.3, 0.4) is 0 Å². The molecule has 0 atom stereocenters. The molecule has 0 bridgehead atoms. The van der Waals surface area contributed by atoms with Gasteiger partial charge < -0.3 is 5.32 Å². The van der Waals surface area contributed by atoms with E-state index in [1.165, 1.54) is 16.5 Å². The summed E-state index contributed by atoms with van der Waals surface area (Å²) in [5, 5.41) is 4.64. The lowest BCUT2D eigenvalue weighted by Gasteiger charge is -2.07. The van der Waals surface area contributed by atoms with Crippen LogP contribution in [-0.2, 0) is 13.1 Å². The van der Waals surface area contributed by atoms with Gasteiger partial charge in [0.1, 0.15) is 0 Å². The lowest BCUT2D eigenvalue weighted by molar-refractivity contribution is 0.691. The molecule has 0 aliphatic rings. The third-order valence-electron chi connectivity index (χ3n) is 3.52. The molecule has 0 unspecified atom stereocenters. The molecule has 2 aromatic heterocycles. The Labute approximate surface area is 125 Å². The van der Waals surface area contributed by atoms with Crippen LogP contribution in [0.1, 0.15) is 22.5 Å². The van der Waals surface area contributed by atoms with Crippen molar-refractivity contribution in [2.24, 2.45) is 0 Å². The Kier molecular flexibility index (Phi) is 3.93. The average Bonchev–Trinajstić information content (AvgIpc) is 2.49. The molecule has 0 aliphatic heterocycles. The zero-order valence-corrected chi connectivity index (χ0v) is 12.4. The van der Waals surface area contributed by atoms with Crippen molar-refractivity contribution >= 4 is 10.9 Å². The second-order valence-electron chi connectivity index (χ2n) is 5.39. The molecule has 1 N–H and O–H groups in total. The van der Waals surface area contributed by atoms with E-state index >= 15 is 0 Å². The topological polar surface area (TPSA) is 37.8 Å². The summed E-state index contributed by atoms with van der Waals surface area (Å²) in [4.78, 5) is 8.83. The summed E-state index contributed by atoms with van der Waals surface area (Å²) in [6.07, 6.45) is 1.93. The SMILES string of the molecule is Cc1ccc(CNCc2ccc3nc(C)ccc3c2)cn1. The molecule has 0 saturated carbocycles. The molecule has 0 aliphatic carbocycles. The van der Waals surface area contributed by atoms with Gasteiger partial charge in [-0.15, -0.1) is 0 Å². The molecule has 21 heavy (non-hydrogen) atoms. The molecule has 0 spiro atoms. The molecule has 3 heteroatoms. The number of pyridine rings is 2. The minimum Gasteiger partial charge on any atom is -0.309 e. The minimum absolute atomic E-state index is 0.831. The average molecular weight is 277 g/mol. The smallest absolute Gasteiger partial charge is 0.0705 e. The van der Waals surface area contributed by atoms with Gasteiger partial charge in [-0.3, -0.25) is 9.97 Å². The number of hydrogen-bond donors (Lipinski definition) is 1. The van der Waals surface area contributed by atoms with Crippen LogP contribution in [-0.4, -0.2) is 9.97 Å². The van der Waals surface area contributed by atoms with E-state index in [0.717, 1.165) is 30.0 Å². The maximum Gasteiger partial charge on any atom is 0.0705 e. The van der Waals surface area contributed by atoms with Crippen molar-refractivity contribution in [3.63, 3.8) is 0 Å². The predicted octanol–water partition coefficient (Wildman–Crippen LogP) is 3.54. The highest BCUT2D eigenvalue weighted by molar-refractivity contribution is 5.79. The van der Waals surface area contributed by atoms with Crippen LogP contribution in [0.15, 0.2) is 48.7 Å². The van der Waals surface area contributed by atoms with Crippen molar-refractivity contribution in [2.75, 3.05) is 0 Å². The molecule has 3 nitrogen and oxygen atoms in total. The van der Waals surface area contributed by atoms with Crippen LogP contribution in [0.2, 0.25) is 0 Å². The number of rotatable bonds is 4. The van der Waals surface area contributed by atoms with Gasteiger partial charge in [-0.2, -0.15) is 0 Å². The number of fused-ring (bicyclic) bond motifs is 1. The van der Waals surface area contributed by atoms with Crippen LogP contribution < -0.4 is 5.32 Å². The van der Waals surface area contributed by atoms with Crippen LogP contribution in [0, 0.1) is 13.8 Å². The number of hydrogen-bond acceptors (Lipinski definition) is 3. The van der Waals surface area contributed by atoms with Crippen molar-refractivity contribution in [1.29, 1.82) is 0 Å². The second kappa shape index (κ2) is 6.02. The predicted molar refractivity (Wildman–Crippen MR) is 86.0 cm³/mol. The quantitative estimate of drug-likeness (QED) is 0.792. The zero-order chi connectivity index (χ0) is 14.7. The normalized spacial score (nSPS) is 11.0. The molecule has 0 fully saturated rings. The number of benzene rings is 1. The van der Waals surface area contributed by atoms with Gasteiger partial charge in [-0.05, 0) is 49.2 Å². The largest absolute Gasteiger partial charge is 0.309 e. The summed E-state index contributed by atoms with van der Waals surface area (Å²) in [6, 6.07) is 14.8. The molecule has 106 valence electrons. The first kappa shape index (κ1) is 13.7. The summed E-state index contributed by atoms with van der Waals surface area (Å²) in [5.74, 6) is 0. The molecular weight excluding hydrogens is 258 g/mol. The van der Waals surface area contributed by atoms with Crippen LogP contribution in [0.5, 0.6) is 0 Å². The van der Waals surface area contributed by atoms with Gasteiger partial charge in [0.05, 0.1) is 5.52 Å². The van der Waals surface area contributed by atoms with E-state index in [1.54, 1.807) is 0 Å². The van der Waals surface area contributed by atoms with Gasteiger partial charge in [-0.25, -0.2) is 0 Å². The molecule has 3 rings (SSSR count). The summed E-state index contributed by atoms with van der Waals surface area (Å²) < 4.78 is 0. The second-order valence-corrected chi connectivity index (χ2v) is 5.39. The first-order valence-electron chi connectivity index (χ1n) is 7.19. The van der Waals surface area contributed by atoms with E-state index < -0.39 is 0 Å². The summed E-state index contributed by atoms with van der Waals surface area (Å²) >= 11 is 0. The molecule has 0 amide bonds. The van der Waals surface area contributed by atoms with Crippen molar-refractivity contribution in [1.82, 2.24) is 15.3 Å². The highest BCUT2D eigenvalue weighted by Crippen LogP contribution is 2.14. The van der Waals surface area contributed by atoms with Gasteiger partial charge in [0.15, 0.2) is 0 Å². The van der Waals surface area contributed by atoms with E-state index in [4.69, 9.17) is 0 Å². The van der Waals surface area contributed by atoms with Gasteiger partial charge in [0, 0.05) is 36.1 Å². The van der Waals surface area contributed by atoms with Crippen LogP contribution in [0.4, 0.5) is 0 Å². The van der Waals surface area contributed by atoms with Crippen molar-refractivity contribution < 1.29 is 0 Å². The standard InChI is InChI=1S/C18H19N3/c1-13-3-5-16(12-20-13)11-19-10-15-6-8-18-17(9-15)7-4-14(2)21-18/h3-9,12,19H,10-11H2,1-2H3. The van der Waals surface area contributed by atoms with E-state index in [2.05, 4.69) is 51.7 Å². The van der Waals surface area contributed by atoms with Gasteiger partial charge in [-0.1, -0.05) is 18.2 Å². The Morgan fingerprint density at radius 3 is 2.43 bits per heavy atom. The molecular formula is C18H19N3. The monoisotopic (exact) mass is 277 g/mol. The third-order valence-corrected chi connectivity index (χ3v) is 3.52. The fraction of sp³-hybridized carbons (Fsp3) is 0.222. The van der Waals surface area contributed by atoms with E-state index in [1.807, 2.05) is 26.1 Å². The van der Waals surface area contributed by atoms with Gasteiger partial charge in [0.2, 0.25) is 0 Å². The molecule has 0 saturated heterocycles. The maximum absolute atomic E-state index is 4.52. The van der Waals surface area contributed by atoms with E-state index in [0.29, 0.717) is 0 Å². The van der Waals surface area contributed by atoms with Gasteiger partial charge in [0.25, 0.3) is 0 Å². The maximum atomic E-state index is 4.52. The van der Waals surface area contributed by atoms with Crippen molar-refractivity contribution in [2.45, 2.75) is 26.9 Å². The summed E-state index contributed by atoms with van der Waals surface area (Å²) in [7, 11) is 0. The number of nitrogens with zero attached hydrogens (tertiary/aromatic N) is 2. The third kappa shape index (κ3) is 3.44. The lowest BCUT2D eigenvalue weighted by atomic mass is 10.1. The van der Waals surface area contributed by atoms with Crippen molar-refractivity contribution in [3.05, 3.63) is 71.2 Å². The van der Waals surface area contributed by atoms with E-state index in [9.17, 15) is 0 Å². The Bertz CT molecular complexity index is 748. The molecule has 2 heterocycles. The number of aromatic nitrogens is 2. The first-order valence-corrected chi connectivity index (χ1v) is 7.19. The van der Waals surface area contributed by atoms with Crippen molar-refractivity contribution in [3.8, 4) is 0 Å². The van der Waals surface area contributed by atoms with Gasteiger partial charge >= 0.3 is 0 Å². The Morgan fingerprint density at radius 2 is 1.62 bits per heavy atom. The first-order chi connectivity index (χ1) is 10.2. The zero-order valence-electron chi connectivity index (χ0n) is 12.4. The summed E-state index contributed by atoms with van der Waals surface area (Å²) in [5.41, 5.74) is 5.64. The number of aryl methyl sites for hydroxylation is 2. The Hall–Kier alpha value is -2.26. The van der Waals surface area contributed by atoms with Crippen LogP contribution in [0.25, 0.3) is 10.9 Å². The molecule has 1 aromatic carbocycles. The fourth-order valence-electron chi connectivity index (χ4n) is 2.34. The highest BCUT2D eigenvalue weighted by atomic mass is 14.9. The Balaban J connectivity index is 1.65. The fourth-order valence-corrected chi connectivity index (χ4v) is 2.34. The highest BCUT2D eigenvalue weighted by Gasteiger charge is 1.99. The summed E-state index contributed by atoms with van der Waals surface area (Å²) in [6.45, 7) is 5.70. The Morgan fingerprint density at radius 1 is 0.857 bits per heavy atom. The molecule has 3 aromatic rings. The lowest BCUT2D eigenvalue weighted by Crippen LogP contribution is -2.12. The number of nitrogens with one attached hydrogen (secondary N) is 1.